The van der Waals surface area contributed by atoms with E-state index >= 15 is 0 Å². The van der Waals surface area contributed by atoms with Gasteiger partial charge in [-0.05, 0) is 58.3 Å². The van der Waals surface area contributed by atoms with Crippen LogP contribution in [0.5, 0.6) is 0 Å². The van der Waals surface area contributed by atoms with Gasteiger partial charge >= 0.3 is 18.7 Å². The van der Waals surface area contributed by atoms with Gasteiger partial charge in [0.05, 0.1) is 26.4 Å². The Hall–Kier alpha value is -0.800. The molecule has 0 saturated heterocycles. The maximum Gasteiger partial charge on any atom is 0.395 e. The highest BCUT2D eigenvalue weighted by atomic mass is 32.7. The second kappa shape index (κ2) is 21.3. The number of carbonyl (C=O) groups is 2. The Balaban J connectivity index is 5.02. The largest absolute Gasteiger partial charge is 0.434 e. The van der Waals surface area contributed by atoms with Crippen LogP contribution in [0.1, 0.15) is 13.8 Å². The summed E-state index contributed by atoms with van der Waals surface area (Å²) in [6.45, 7) is 0.631. The summed E-state index contributed by atoms with van der Waals surface area (Å²) in [7, 11) is 6.65. The molecule has 35 heavy (non-hydrogen) atoms. The third-order valence-corrected chi connectivity index (χ3v) is 7.87. The van der Waals surface area contributed by atoms with Gasteiger partial charge in [0.1, 0.15) is 13.2 Å². The van der Waals surface area contributed by atoms with E-state index in [2.05, 4.69) is 10.6 Å². The molecule has 0 fully saturated rings. The van der Waals surface area contributed by atoms with Crippen molar-refractivity contribution in [3.63, 3.8) is 0 Å². The summed E-state index contributed by atoms with van der Waals surface area (Å²) >= 11 is 0.925. The third kappa shape index (κ3) is 19.0. The summed E-state index contributed by atoms with van der Waals surface area (Å²) in [5, 5.41) is 6.14. The number of hydrogen-bond donors (Lipinski definition) is 2. The first-order valence-corrected chi connectivity index (χ1v) is 14.3. The molecule has 0 rings (SSSR count). The second-order valence-electron chi connectivity index (χ2n) is 7.14. The topological polar surface area (TPSA) is 149 Å². The fraction of sp³-hybridized carbons (Fsp3) is 0.900. The highest BCUT2D eigenvalue weighted by molar-refractivity contribution is 8.55. The minimum absolute atomic E-state index is 0.0922. The van der Waals surface area contributed by atoms with Crippen LogP contribution >= 0.6 is 18.2 Å². The van der Waals surface area contributed by atoms with E-state index in [9.17, 15) is 14.2 Å². The molecule has 208 valence electrons. The Labute approximate surface area is 211 Å². The Morgan fingerprint density at radius 2 is 1.23 bits per heavy atom. The Morgan fingerprint density at radius 3 is 1.60 bits per heavy atom. The van der Waals surface area contributed by atoms with E-state index in [4.69, 9.17) is 37.5 Å². The molecular formula is C20H41N2O11PS. The Bertz CT molecular complexity index is 574. The van der Waals surface area contributed by atoms with Crippen molar-refractivity contribution in [2.45, 2.75) is 26.4 Å². The minimum Gasteiger partial charge on any atom is -0.434 e. The average molecular weight is 549 g/mol. The molecule has 0 heterocycles. The first kappa shape index (κ1) is 34.2. The lowest BCUT2D eigenvalue weighted by Gasteiger charge is -2.26. The summed E-state index contributed by atoms with van der Waals surface area (Å²) in [5.41, 5.74) is 0. The fourth-order valence-corrected chi connectivity index (χ4v) is 6.38. The van der Waals surface area contributed by atoms with Crippen molar-refractivity contribution in [3.8, 4) is 0 Å². The van der Waals surface area contributed by atoms with E-state index in [0.29, 0.717) is 32.1 Å². The molecule has 13 nitrogen and oxygen atoms in total. The van der Waals surface area contributed by atoms with Crippen LogP contribution in [0, 0.1) is 5.92 Å². The van der Waals surface area contributed by atoms with Gasteiger partial charge in [0.2, 0.25) is 12.6 Å². The first-order chi connectivity index (χ1) is 16.7. The van der Waals surface area contributed by atoms with Gasteiger partial charge in [-0.25, -0.2) is 14.2 Å². The summed E-state index contributed by atoms with van der Waals surface area (Å²) < 4.78 is 54.6. The molecule has 2 atom stereocenters. The molecule has 0 aromatic rings. The number of nitrogens with one attached hydrogen (secondary N) is 2. The summed E-state index contributed by atoms with van der Waals surface area (Å²) in [4.78, 5) is 23.9. The summed E-state index contributed by atoms with van der Waals surface area (Å²) in [5.74, 6) is -0.933. The molecular weight excluding hydrogens is 507 g/mol. The van der Waals surface area contributed by atoms with E-state index in [1.165, 1.54) is 28.1 Å². The van der Waals surface area contributed by atoms with Gasteiger partial charge in [-0.15, -0.1) is 0 Å². The van der Waals surface area contributed by atoms with Gasteiger partial charge < -0.3 is 39.1 Å². The zero-order chi connectivity index (χ0) is 26.5. The number of methoxy groups -OCH3 is 2. The summed E-state index contributed by atoms with van der Waals surface area (Å²) in [6, 6.07) is 0. The summed E-state index contributed by atoms with van der Waals surface area (Å²) in [6.07, 6.45) is -2.42. The predicted octanol–water partition coefficient (Wildman–Crippen LogP) is 1.02. The maximum atomic E-state index is 13.5. The minimum atomic E-state index is -3.93. The van der Waals surface area contributed by atoms with Crippen molar-refractivity contribution >= 4 is 30.1 Å². The molecule has 0 spiro atoms. The standard InChI is InChI=1S/C20H41N2O11PS/c1-16(30-19(23)13-28-9-7-26-5)32-34(25,35-15-18(11-21-3)12-22-4)33-17(2)31-20(24)14-29-10-8-27-6/h16-18,21-22H,7-15H2,1-6H3. The molecule has 0 aliphatic heterocycles. The fourth-order valence-electron chi connectivity index (χ4n) is 2.49. The molecule has 0 aliphatic carbocycles. The molecule has 0 saturated carbocycles. The quantitative estimate of drug-likeness (QED) is 0.0809. The van der Waals surface area contributed by atoms with E-state index in [1.807, 2.05) is 14.1 Å². The van der Waals surface area contributed by atoms with E-state index in [1.54, 1.807) is 0 Å². The van der Waals surface area contributed by atoms with E-state index < -0.39 is 31.3 Å². The molecule has 2 unspecified atom stereocenters. The number of hydrogen-bond acceptors (Lipinski definition) is 14. The molecule has 15 heteroatoms. The maximum absolute atomic E-state index is 13.5. The van der Waals surface area contributed by atoms with Crippen molar-refractivity contribution in [2.75, 3.05) is 86.8 Å². The molecule has 0 aromatic carbocycles. The van der Waals surface area contributed by atoms with Crippen LogP contribution in [0.2, 0.25) is 0 Å². The van der Waals surface area contributed by atoms with Crippen LogP contribution in [0.25, 0.3) is 0 Å². The van der Waals surface area contributed by atoms with Gasteiger partial charge in [-0.3, -0.25) is 9.05 Å². The zero-order valence-electron chi connectivity index (χ0n) is 21.4. The molecule has 0 radical (unpaired) electrons. The van der Waals surface area contributed by atoms with Gasteiger partial charge in [-0.2, -0.15) is 0 Å². The van der Waals surface area contributed by atoms with Crippen molar-refractivity contribution in [3.05, 3.63) is 0 Å². The van der Waals surface area contributed by atoms with Crippen molar-refractivity contribution in [1.82, 2.24) is 10.6 Å². The molecule has 0 bridgehead atoms. The average Bonchev–Trinajstić information content (AvgIpc) is 2.78. The number of ether oxygens (including phenoxy) is 6. The lowest BCUT2D eigenvalue weighted by Crippen LogP contribution is -2.30. The lowest BCUT2D eigenvalue weighted by molar-refractivity contribution is -0.171. The molecule has 0 amide bonds. The van der Waals surface area contributed by atoms with Crippen molar-refractivity contribution < 1.29 is 51.6 Å². The van der Waals surface area contributed by atoms with Crippen LogP contribution in [-0.4, -0.2) is 111 Å². The predicted molar refractivity (Wildman–Crippen MR) is 130 cm³/mol. The molecule has 2 N–H and O–H groups in total. The Morgan fingerprint density at radius 1 is 0.800 bits per heavy atom. The Kier molecular flexibility index (Phi) is 20.8. The number of rotatable bonds is 23. The first-order valence-electron chi connectivity index (χ1n) is 11.1. The highest BCUT2D eigenvalue weighted by Crippen LogP contribution is 2.62. The molecule has 0 aromatic heterocycles. The SMILES string of the molecule is CNCC(CNC)CSP(=O)(OC(C)OC(=O)COCCOC)OC(C)OC(=O)COCCOC. The van der Waals surface area contributed by atoms with Crippen LogP contribution in [0.3, 0.4) is 0 Å². The van der Waals surface area contributed by atoms with Crippen molar-refractivity contribution in [2.24, 2.45) is 5.92 Å². The van der Waals surface area contributed by atoms with Gasteiger partial charge in [0.25, 0.3) is 0 Å². The van der Waals surface area contributed by atoms with Crippen molar-refractivity contribution in [1.29, 1.82) is 0 Å². The van der Waals surface area contributed by atoms with Crippen LogP contribution < -0.4 is 10.6 Å². The monoisotopic (exact) mass is 548 g/mol. The third-order valence-electron chi connectivity index (χ3n) is 3.91. The molecule has 0 aliphatic rings. The van der Waals surface area contributed by atoms with Crippen LogP contribution in [0.15, 0.2) is 0 Å². The van der Waals surface area contributed by atoms with Gasteiger partial charge in [-0.1, -0.05) is 0 Å². The second-order valence-corrected chi connectivity index (χ2v) is 11.2. The van der Waals surface area contributed by atoms with Crippen LogP contribution in [0.4, 0.5) is 0 Å². The van der Waals surface area contributed by atoms with E-state index in [0.717, 1.165) is 11.4 Å². The smallest absolute Gasteiger partial charge is 0.395 e. The van der Waals surface area contributed by atoms with E-state index in [-0.39, 0.29) is 32.3 Å². The number of carbonyl (C=O) groups excluding carboxylic acids is 2. The van der Waals surface area contributed by atoms with Crippen LogP contribution in [-0.2, 0) is 51.6 Å². The highest BCUT2D eigenvalue weighted by Gasteiger charge is 2.34. The normalized spacial score (nSPS) is 14.9. The number of esters is 2. The zero-order valence-corrected chi connectivity index (χ0v) is 23.2. The lowest BCUT2D eigenvalue weighted by atomic mass is 10.2. The van der Waals surface area contributed by atoms with Gasteiger partial charge in [0, 0.05) is 20.0 Å². The van der Waals surface area contributed by atoms with Gasteiger partial charge in [0.15, 0.2) is 0 Å².